The van der Waals surface area contributed by atoms with Gasteiger partial charge in [-0.3, -0.25) is 0 Å². The lowest BCUT2D eigenvalue weighted by Crippen LogP contribution is -2.31. The molecule has 136 valence electrons. The first kappa shape index (κ1) is 15.8. The van der Waals surface area contributed by atoms with E-state index in [2.05, 4.69) is 21.7 Å². The number of nitrogens with zero attached hydrogens (tertiary/aromatic N) is 4. The van der Waals surface area contributed by atoms with E-state index in [0.29, 0.717) is 10.8 Å². The quantitative estimate of drug-likeness (QED) is 0.818. The first-order chi connectivity index (χ1) is 12.2. The van der Waals surface area contributed by atoms with Gasteiger partial charge in [-0.05, 0) is 32.6 Å². The van der Waals surface area contributed by atoms with Gasteiger partial charge in [0.15, 0.2) is 0 Å². The molecule has 0 N–H and O–H groups in total. The van der Waals surface area contributed by atoms with Crippen molar-refractivity contribution in [3.63, 3.8) is 0 Å². The molecule has 4 fully saturated rings. The van der Waals surface area contributed by atoms with Gasteiger partial charge in [0.25, 0.3) is 0 Å². The van der Waals surface area contributed by atoms with Gasteiger partial charge in [0.1, 0.15) is 5.82 Å². The molecule has 0 bridgehead atoms. The highest BCUT2D eigenvalue weighted by Gasteiger charge is 2.43. The van der Waals surface area contributed by atoms with E-state index in [4.69, 9.17) is 14.5 Å². The second-order valence-electron chi connectivity index (χ2n) is 8.62. The molecule has 4 aliphatic heterocycles. The second kappa shape index (κ2) is 5.81. The molecular formula is C19H28N4O2. The van der Waals surface area contributed by atoms with E-state index in [1.807, 2.05) is 6.20 Å². The summed E-state index contributed by atoms with van der Waals surface area (Å²) in [5.41, 5.74) is 1.88. The summed E-state index contributed by atoms with van der Waals surface area (Å²) in [6.07, 6.45) is 6.79. The van der Waals surface area contributed by atoms with E-state index in [9.17, 15) is 0 Å². The van der Waals surface area contributed by atoms with Crippen molar-refractivity contribution in [1.29, 1.82) is 0 Å². The SMILES string of the molecule is Cc1cnc(N2CCC3(CCOC3)C2)nc1N1CCC2(CCOC2)C1. The van der Waals surface area contributed by atoms with Crippen LogP contribution in [0, 0.1) is 17.8 Å². The molecule has 0 aromatic carbocycles. The van der Waals surface area contributed by atoms with Crippen molar-refractivity contribution >= 4 is 11.8 Å². The van der Waals surface area contributed by atoms with Crippen LogP contribution in [0.15, 0.2) is 6.20 Å². The molecule has 0 saturated carbocycles. The third-order valence-electron chi connectivity index (χ3n) is 6.76. The summed E-state index contributed by atoms with van der Waals surface area (Å²) in [7, 11) is 0. The van der Waals surface area contributed by atoms with Gasteiger partial charge < -0.3 is 19.3 Å². The van der Waals surface area contributed by atoms with E-state index in [1.165, 1.54) is 31.2 Å². The number of ether oxygens (including phenoxy) is 2. The zero-order valence-corrected chi connectivity index (χ0v) is 15.2. The third kappa shape index (κ3) is 2.70. The molecule has 1 aromatic rings. The Hall–Kier alpha value is -1.40. The highest BCUT2D eigenvalue weighted by Crippen LogP contribution is 2.42. The number of aromatic nitrogens is 2. The Bertz CT molecular complexity index is 653. The fourth-order valence-electron chi connectivity index (χ4n) is 5.06. The summed E-state index contributed by atoms with van der Waals surface area (Å²) in [5.74, 6) is 2.02. The molecular weight excluding hydrogens is 316 g/mol. The van der Waals surface area contributed by atoms with Crippen molar-refractivity contribution in [2.75, 3.05) is 62.4 Å². The average molecular weight is 344 g/mol. The molecule has 25 heavy (non-hydrogen) atoms. The number of rotatable bonds is 2. The van der Waals surface area contributed by atoms with Crippen molar-refractivity contribution in [3.05, 3.63) is 11.8 Å². The van der Waals surface area contributed by atoms with E-state index in [1.54, 1.807) is 0 Å². The molecule has 0 amide bonds. The molecule has 5 rings (SSSR count). The Morgan fingerprint density at radius 2 is 1.56 bits per heavy atom. The summed E-state index contributed by atoms with van der Waals surface area (Å²) in [4.78, 5) is 14.5. The Morgan fingerprint density at radius 3 is 2.20 bits per heavy atom. The maximum absolute atomic E-state index is 5.68. The first-order valence-electron chi connectivity index (χ1n) is 9.66. The Labute approximate surface area is 149 Å². The van der Waals surface area contributed by atoms with E-state index >= 15 is 0 Å². The van der Waals surface area contributed by atoms with Gasteiger partial charge in [-0.25, -0.2) is 4.98 Å². The predicted octanol–water partition coefficient (Wildman–Crippen LogP) is 2.02. The Morgan fingerprint density at radius 1 is 0.920 bits per heavy atom. The number of hydrogen-bond donors (Lipinski definition) is 0. The lowest BCUT2D eigenvalue weighted by Gasteiger charge is -2.26. The maximum atomic E-state index is 5.68. The van der Waals surface area contributed by atoms with Crippen LogP contribution in [-0.2, 0) is 9.47 Å². The molecule has 6 nitrogen and oxygen atoms in total. The molecule has 0 radical (unpaired) electrons. The standard InChI is InChI=1S/C19H28N4O2/c1-15-10-20-17(23-7-3-19(12-23)5-9-25-14-19)21-16(15)22-6-2-18(11-22)4-8-24-13-18/h10H,2-9,11-14H2,1H3. The van der Waals surface area contributed by atoms with Gasteiger partial charge in [-0.15, -0.1) is 0 Å². The smallest absolute Gasteiger partial charge is 0.227 e. The number of hydrogen-bond acceptors (Lipinski definition) is 6. The second-order valence-corrected chi connectivity index (χ2v) is 8.62. The van der Waals surface area contributed by atoms with Gasteiger partial charge in [-0.2, -0.15) is 4.98 Å². The molecule has 0 aliphatic carbocycles. The van der Waals surface area contributed by atoms with Crippen LogP contribution in [0.25, 0.3) is 0 Å². The van der Waals surface area contributed by atoms with Crippen molar-refractivity contribution in [3.8, 4) is 0 Å². The number of aryl methyl sites for hydroxylation is 1. The molecule has 4 aliphatic rings. The van der Waals surface area contributed by atoms with Crippen LogP contribution in [0.4, 0.5) is 11.8 Å². The van der Waals surface area contributed by atoms with E-state index in [-0.39, 0.29) is 0 Å². The first-order valence-corrected chi connectivity index (χ1v) is 9.66. The molecule has 2 unspecified atom stereocenters. The van der Waals surface area contributed by atoms with Crippen LogP contribution >= 0.6 is 0 Å². The minimum atomic E-state index is 0.341. The molecule has 6 heteroatoms. The maximum Gasteiger partial charge on any atom is 0.227 e. The molecule has 4 saturated heterocycles. The highest BCUT2D eigenvalue weighted by molar-refractivity contribution is 5.51. The molecule has 2 atom stereocenters. The van der Waals surface area contributed by atoms with Crippen LogP contribution in [0.3, 0.4) is 0 Å². The zero-order valence-electron chi connectivity index (χ0n) is 15.2. The van der Waals surface area contributed by atoms with Crippen molar-refractivity contribution in [2.45, 2.75) is 32.6 Å². The predicted molar refractivity (Wildman–Crippen MR) is 96.2 cm³/mol. The number of anilines is 2. The van der Waals surface area contributed by atoms with Gasteiger partial charge >= 0.3 is 0 Å². The monoisotopic (exact) mass is 344 g/mol. The van der Waals surface area contributed by atoms with Crippen molar-refractivity contribution in [1.82, 2.24) is 9.97 Å². The highest BCUT2D eigenvalue weighted by atomic mass is 16.5. The lowest BCUT2D eigenvalue weighted by molar-refractivity contribution is 0.160. The minimum absolute atomic E-state index is 0.341. The van der Waals surface area contributed by atoms with E-state index in [0.717, 1.165) is 64.4 Å². The van der Waals surface area contributed by atoms with Gasteiger partial charge in [0.2, 0.25) is 5.95 Å². The van der Waals surface area contributed by atoms with Crippen LogP contribution in [0.5, 0.6) is 0 Å². The van der Waals surface area contributed by atoms with Gasteiger partial charge in [-0.1, -0.05) is 0 Å². The third-order valence-corrected chi connectivity index (χ3v) is 6.76. The molecule has 1 aromatic heterocycles. The topological polar surface area (TPSA) is 50.7 Å². The molecule has 2 spiro atoms. The fraction of sp³-hybridized carbons (Fsp3) is 0.789. The largest absolute Gasteiger partial charge is 0.381 e. The van der Waals surface area contributed by atoms with Crippen LogP contribution in [-0.4, -0.2) is 62.6 Å². The summed E-state index contributed by atoms with van der Waals surface area (Å²) in [5, 5.41) is 0. The van der Waals surface area contributed by atoms with Crippen LogP contribution < -0.4 is 9.80 Å². The average Bonchev–Trinajstić information content (AvgIpc) is 3.41. The minimum Gasteiger partial charge on any atom is -0.381 e. The van der Waals surface area contributed by atoms with Gasteiger partial charge in [0.05, 0.1) is 13.2 Å². The Balaban J connectivity index is 1.36. The summed E-state index contributed by atoms with van der Waals surface area (Å²) in [6, 6.07) is 0. The van der Waals surface area contributed by atoms with Crippen LogP contribution in [0.2, 0.25) is 0 Å². The van der Waals surface area contributed by atoms with Gasteiger partial charge in [0, 0.05) is 62.0 Å². The van der Waals surface area contributed by atoms with Crippen molar-refractivity contribution < 1.29 is 9.47 Å². The van der Waals surface area contributed by atoms with Crippen molar-refractivity contribution in [2.24, 2.45) is 10.8 Å². The molecule has 5 heterocycles. The fourth-order valence-corrected chi connectivity index (χ4v) is 5.06. The normalized spacial score (nSPS) is 34.9. The lowest BCUT2D eigenvalue weighted by atomic mass is 9.87. The summed E-state index contributed by atoms with van der Waals surface area (Å²) >= 11 is 0. The van der Waals surface area contributed by atoms with E-state index < -0.39 is 0 Å². The Kier molecular flexibility index (Phi) is 3.68. The van der Waals surface area contributed by atoms with Crippen LogP contribution in [0.1, 0.15) is 31.2 Å². The zero-order chi connectivity index (χ0) is 16.9. The summed E-state index contributed by atoms with van der Waals surface area (Å²) in [6.45, 7) is 10.0. The summed E-state index contributed by atoms with van der Waals surface area (Å²) < 4.78 is 11.3.